The normalized spacial score (nSPS) is 18.6. The van der Waals surface area contributed by atoms with E-state index >= 15 is 0 Å². The van der Waals surface area contributed by atoms with Gasteiger partial charge < -0.3 is 9.64 Å². The van der Waals surface area contributed by atoms with Crippen molar-refractivity contribution in [1.82, 2.24) is 5.32 Å². The van der Waals surface area contributed by atoms with Crippen molar-refractivity contribution >= 4 is 17.5 Å². The molecule has 0 radical (unpaired) electrons. The minimum Gasteiger partial charge on any atom is -0.481 e. The van der Waals surface area contributed by atoms with Crippen LogP contribution in [0.1, 0.15) is 26.7 Å². The molecule has 0 aliphatic carbocycles. The second-order valence-corrected chi connectivity index (χ2v) is 4.72. The molecule has 1 heterocycles. The first-order valence-corrected chi connectivity index (χ1v) is 6.99. The molecule has 5 heteroatoms. The zero-order chi connectivity index (χ0) is 14.5. The van der Waals surface area contributed by atoms with Crippen molar-refractivity contribution < 1.29 is 14.3 Å². The summed E-state index contributed by atoms with van der Waals surface area (Å²) in [5.74, 6) is 0.0659. The van der Waals surface area contributed by atoms with Gasteiger partial charge in [-0.2, -0.15) is 0 Å². The number of imide groups is 1. The number of piperidine rings is 1. The zero-order valence-corrected chi connectivity index (χ0v) is 11.9. The van der Waals surface area contributed by atoms with Gasteiger partial charge >= 0.3 is 0 Å². The lowest BCUT2D eigenvalue weighted by molar-refractivity contribution is -0.138. The maximum Gasteiger partial charge on any atom is 0.267 e. The fourth-order valence-electron chi connectivity index (χ4n) is 2.27. The number of nitrogens with zero attached hydrogens (tertiary/aromatic N) is 1. The summed E-state index contributed by atoms with van der Waals surface area (Å²) in [6, 6.07) is 7.68. The second kappa shape index (κ2) is 6.41. The Morgan fingerprint density at radius 1 is 1.20 bits per heavy atom. The third-order valence-electron chi connectivity index (χ3n) is 3.43. The molecule has 1 fully saturated rings. The standard InChI is InChI=1S/C15H20N2O3/c1-3-17(4-2)11-5-7-12(8-6-11)20-13-9-10-14(18)16-15(13)19/h5-8,13H,3-4,9-10H2,1-2H3,(H,16,18,19). The number of ether oxygens (including phenoxy) is 1. The maximum absolute atomic E-state index is 11.6. The van der Waals surface area contributed by atoms with E-state index < -0.39 is 6.10 Å². The largest absolute Gasteiger partial charge is 0.481 e. The Hall–Kier alpha value is -2.04. The summed E-state index contributed by atoms with van der Waals surface area (Å²) in [5.41, 5.74) is 1.13. The number of anilines is 1. The predicted molar refractivity (Wildman–Crippen MR) is 76.8 cm³/mol. The van der Waals surface area contributed by atoms with Crippen molar-refractivity contribution in [2.45, 2.75) is 32.8 Å². The van der Waals surface area contributed by atoms with Crippen molar-refractivity contribution in [1.29, 1.82) is 0 Å². The predicted octanol–water partition coefficient (Wildman–Crippen LogP) is 1.72. The van der Waals surface area contributed by atoms with E-state index in [9.17, 15) is 9.59 Å². The van der Waals surface area contributed by atoms with Gasteiger partial charge in [0.05, 0.1) is 0 Å². The number of benzene rings is 1. The van der Waals surface area contributed by atoms with E-state index in [1.54, 1.807) is 0 Å². The number of amides is 2. The number of carbonyl (C=O) groups is 2. The van der Waals surface area contributed by atoms with Crippen LogP contribution in [0.5, 0.6) is 5.75 Å². The van der Waals surface area contributed by atoms with Crippen molar-refractivity contribution in [3.8, 4) is 5.75 Å². The topological polar surface area (TPSA) is 58.6 Å². The number of rotatable bonds is 5. The Balaban J connectivity index is 2.00. The van der Waals surface area contributed by atoms with Crippen LogP contribution in [-0.2, 0) is 9.59 Å². The van der Waals surface area contributed by atoms with Crippen LogP contribution in [0.25, 0.3) is 0 Å². The molecule has 5 nitrogen and oxygen atoms in total. The molecule has 1 unspecified atom stereocenters. The Morgan fingerprint density at radius 2 is 1.85 bits per heavy atom. The fourth-order valence-corrected chi connectivity index (χ4v) is 2.27. The van der Waals surface area contributed by atoms with Crippen LogP contribution in [0.3, 0.4) is 0 Å². The van der Waals surface area contributed by atoms with Crippen molar-refractivity contribution in [3.05, 3.63) is 24.3 Å². The third kappa shape index (κ3) is 3.29. The van der Waals surface area contributed by atoms with E-state index in [0.29, 0.717) is 18.6 Å². The lowest BCUT2D eigenvalue weighted by Crippen LogP contribution is -2.46. The molecule has 0 spiro atoms. The third-order valence-corrected chi connectivity index (χ3v) is 3.43. The molecule has 1 aliphatic heterocycles. The molecule has 1 N–H and O–H groups in total. The Kier molecular flexibility index (Phi) is 4.61. The van der Waals surface area contributed by atoms with Gasteiger partial charge in [-0.15, -0.1) is 0 Å². The molecule has 1 atom stereocenters. The summed E-state index contributed by atoms with van der Waals surface area (Å²) >= 11 is 0. The lowest BCUT2D eigenvalue weighted by Gasteiger charge is -2.23. The summed E-state index contributed by atoms with van der Waals surface area (Å²) in [6.07, 6.45) is 0.183. The highest BCUT2D eigenvalue weighted by Crippen LogP contribution is 2.21. The molecule has 2 amide bonds. The van der Waals surface area contributed by atoms with Crippen LogP contribution in [0.2, 0.25) is 0 Å². The van der Waals surface area contributed by atoms with E-state index in [1.165, 1.54) is 0 Å². The van der Waals surface area contributed by atoms with Gasteiger partial charge in [-0.05, 0) is 38.1 Å². The molecule has 0 saturated carbocycles. The van der Waals surface area contributed by atoms with Gasteiger partial charge in [-0.25, -0.2) is 0 Å². The highest BCUT2D eigenvalue weighted by molar-refractivity contribution is 5.99. The molecule has 0 aromatic heterocycles. The first-order chi connectivity index (χ1) is 9.63. The quantitative estimate of drug-likeness (QED) is 0.832. The smallest absolute Gasteiger partial charge is 0.267 e. The molecule has 1 aliphatic rings. The van der Waals surface area contributed by atoms with Crippen LogP contribution in [0.15, 0.2) is 24.3 Å². The van der Waals surface area contributed by atoms with E-state index in [1.807, 2.05) is 24.3 Å². The minimum absolute atomic E-state index is 0.230. The van der Waals surface area contributed by atoms with Gasteiger partial charge in [-0.3, -0.25) is 14.9 Å². The van der Waals surface area contributed by atoms with Gasteiger partial charge in [0, 0.05) is 31.6 Å². The van der Waals surface area contributed by atoms with Gasteiger partial charge in [0.15, 0.2) is 6.10 Å². The summed E-state index contributed by atoms with van der Waals surface area (Å²) in [4.78, 5) is 24.9. The minimum atomic E-state index is -0.577. The van der Waals surface area contributed by atoms with E-state index in [0.717, 1.165) is 18.8 Å². The maximum atomic E-state index is 11.6. The van der Waals surface area contributed by atoms with Gasteiger partial charge in [0.25, 0.3) is 5.91 Å². The molecule has 20 heavy (non-hydrogen) atoms. The molecular formula is C15H20N2O3. The van der Waals surface area contributed by atoms with Gasteiger partial charge in [-0.1, -0.05) is 0 Å². The fraction of sp³-hybridized carbons (Fsp3) is 0.467. The van der Waals surface area contributed by atoms with Gasteiger partial charge in [0.2, 0.25) is 5.91 Å². The Bertz CT molecular complexity index is 480. The SMILES string of the molecule is CCN(CC)c1ccc(OC2CCC(=O)NC2=O)cc1. The first kappa shape index (κ1) is 14.4. The Labute approximate surface area is 118 Å². The summed E-state index contributed by atoms with van der Waals surface area (Å²) in [6.45, 7) is 6.11. The Morgan fingerprint density at radius 3 is 2.40 bits per heavy atom. The summed E-state index contributed by atoms with van der Waals surface area (Å²) in [5, 5.41) is 2.29. The zero-order valence-electron chi connectivity index (χ0n) is 11.9. The van der Waals surface area contributed by atoms with Crippen LogP contribution >= 0.6 is 0 Å². The summed E-state index contributed by atoms with van der Waals surface area (Å²) < 4.78 is 5.64. The van der Waals surface area contributed by atoms with Crippen molar-refractivity contribution in [3.63, 3.8) is 0 Å². The molecule has 0 bridgehead atoms. The van der Waals surface area contributed by atoms with E-state index in [2.05, 4.69) is 24.1 Å². The average Bonchev–Trinajstić information content (AvgIpc) is 2.45. The highest BCUT2D eigenvalue weighted by atomic mass is 16.5. The molecule has 1 aromatic carbocycles. The molecule has 108 valence electrons. The average molecular weight is 276 g/mol. The van der Waals surface area contributed by atoms with E-state index in [4.69, 9.17) is 4.74 Å². The molecular weight excluding hydrogens is 256 g/mol. The number of hydrogen-bond donors (Lipinski definition) is 1. The van der Waals surface area contributed by atoms with Crippen LogP contribution < -0.4 is 15.0 Å². The van der Waals surface area contributed by atoms with Crippen LogP contribution in [0, 0.1) is 0 Å². The molecule has 2 rings (SSSR count). The van der Waals surface area contributed by atoms with Gasteiger partial charge in [0.1, 0.15) is 5.75 Å². The molecule has 1 saturated heterocycles. The number of nitrogens with one attached hydrogen (secondary N) is 1. The monoisotopic (exact) mass is 276 g/mol. The van der Waals surface area contributed by atoms with Crippen molar-refractivity contribution in [2.75, 3.05) is 18.0 Å². The molecule has 1 aromatic rings. The number of carbonyl (C=O) groups excluding carboxylic acids is 2. The summed E-state index contributed by atoms with van der Waals surface area (Å²) in [7, 11) is 0. The van der Waals surface area contributed by atoms with Crippen molar-refractivity contribution in [2.24, 2.45) is 0 Å². The lowest BCUT2D eigenvalue weighted by atomic mass is 10.1. The van der Waals surface area contributed by atoms with Crippen LogP contribution in [0.4, 0.5) is 5.69 Å². The van der Waals surface area contributed by atoms with Crippen LogP contribution in [-0.4, -0.2) is 31.0 Å². The number of hydrogen-bond acceptors (Lipinski definition) is 4. The first-order valence-electron chi connectivity index (χ1n) is 6.99. The highest BCUT2D eigenvalue weighted by Gasteiger charge is 2.28. The van der Waals surface area contributed by atoms with E-state index in [-0.39, 0.29) is 11.8 Å². The second-order valence-electron chi connectivity index (χ2n) is 4.72.